The van der Waals surface area contributed by atoms with Crippen molar-refractivity contribution in [3.8, 4) is 12.3 Å². The predicted molar refractivity (Wildman–Crippen MR) is 66.3 cm³/mol. The molecule has 3 nitrogen and oxygen atoms in total. The molecule has 1 heterocycles. The Bertz CT molecular complexity index is 551. The highest BCUT2D eigenvalue weighted by atomic mass is 35.5. The molecule has 82 valence electrons. The van der Waals surface area contributed by atoms with E-state index < -0.39 is 0 Å². The predicted octanol–water partition coefficient (Wildman–Crippen LogP) is 1.82. The van der Waals surface area contributed by atoms with Crippen molar-refractivity contribution in [2.75, 3.05) is 6.54 Å². The van der Waals surface area contributed by atoms with Crippen LogP contribution in [0.1, 0.15) is 5.82 Å². The van der Waals surface area contributed by atoms with E-state index in [0.29, 0.717) is 24.5 Å². The Morgan fingerprint density at radius 1 is 1.50 bits per heavy atom. The van der Waals surface area contributed by atoms with E-state index in [1.807, 2.05) is 22.8 Å². The first-order chi connectivity index (χ1) is 7.76. The zero-order chi connectivity index (χ0) is 11.5. The maximum Gasteiger partial charge on any atom is 0.111 e. The molecule has 0 saturated carbocycles. The zero-order valence-electron chi connectivity index (χ0n) is 8.78. The van der Waals surface area contributed by atoms with Crippen LogP contribution in [0.15, 0.2) is 18.2 Å². The molecule has 2 N–H and O–H groups in total. The van der Waals surface area contributed by atoms with Crippen molar-refractivity contribution in [3.63, 3.8) is 0 Å². The minimum Gasteiger partial charge on any atom is -0.330 e. The number of nitrogens with two attached hydrogens (primary N) is 1. The fourth-order valence-electron chi connectivity index (χ4n) is 1.74. The molecule has 0 radical (unpaired) electrons. The third-order valence-electron chi connectivity index (χ3n) is 2.41. The summed E-state index contributed by atoms with van der Waals surface area (Å²) in [6, 6.07) is 5.61. The Hall–Kier alpha value is -1.50. The van der Waals surface area contributed by atoms with Gasteiger partial charge in [0.05, 0.1) is 17.6 Å². The van der Waals surface area contributed by atoms with Crippen LogP contribution in [0.3, 0.4) is 0 Å². The van der Waals surface area contributed by atoms with E-state index in [1.54, 1.807) is 0 Å². The van der Waals surface area contributed by atoms with Crippen LogP contribution >= 0.6 is 11.6 Å². The van der Waals surface area contributed by atoms with E-state index in [9.17, 15) is 0 Å². The summed E-state index contributed by atoms with van der Waals surface area (Å²) in [5, 5.41) is 0.678. The molecule has 1 aromatic heterocycles. The molecule has 0 aliphatic heterocycles. The summed E-state index contributed by atoms with van der Waals surface area (Å²) in [4.78, 5) is 4.48. The number of hydrogen-bond donors (Lipinski definition) is 1. The van der Waals surface area contributed by atoms with Gasteiger partial charge in [0.25, 0.3) is 0 Å². The fourth-order valence-corrected chi connectivity index (χ4v) is 1.91. The maximum atomic E-state index is 5.92. The largest absolute Gasteiger partial charge is 0.330 e. The molecule has 2 aromatic rings. The average molecular weight is 234 g/mol. The molecular formula is C12H12ClN3. The first kappa shape index (κ1) is 11.0. The van der Waals surface area contributed by atoms with Gasteiger partial charge in [0.15, 0.2) is 0 Å². The van der Waals surface area contributed by atoms with Crippen molar-refractivity contribution < 1.29 is 0 Å². The van der Waals surface area contributed by atoms with Crippen LogP contribution in [0.4, 0.5) is 0 Å². The van der Waals surface area contributed by atoms with Gasteiger partial charge in [-0.3, -0.25) is 0 Å². The van der Waals surface area contributed by atoms with Gasteiger partial charge in [-0.15, -0.1) is 6.42 Å². The average Bonchev–Trinajstić information content (AvgIpc) is 2.57. The summed E-state index contributed by atoms with van der Waals surface area (Å²) in [6.45, 7) is 1.06. The lowest BCUT2D eigenvalue weighted by molar-refractivity contribution is 0.758. The van der Waals surface area contributed by atoms with E-state index >= 15 is 0 Å². The molecule has 2 rings (SSSR count). The first-order valence-electron chi connectivity index (χ1n) is 5.04. The van der Waals surface area contributed by atoms with Gasteiger partial charge in [-0.1, -0.05) is 17.5 Å². The Kier molecular flexibility index (Phi) is 3.14. The number of benzene rings is 1. The Morgan fingerprint density at radius 3 is 3.00 bits per heavy atom. The van der Waals surface area contributed by atoms with Crippen molar-refractivity contribution in [2.45, 2.75) is 13.0 Å². The lowest BCUT2D eigenvalue weighted by Gasteiger charge is -2.03. The third-order valence-corrected chi connectivity index (χ3v) is 2.64. The second-order valence-corrected chi connectivity index (χ2v) is 3.93. The van der Waals surface area contributed by atoms with Crippen LogP contribution in [0, 0.1) is 12.3 Å². The molecule has 0 bridgehead atoms. The van der Waals surface area contributed by atoms with E-state index in [1.165, 1.54) is 0 Å². The molecule has 0 amide bonds. The minimum atomic E-state index is 0.507. The maximum absolute atomic E-state index is 5.92. The molecule has 0 unspecified atom stereocenters. The van der Waals surface area contributed by atoms with Crippen molar-refractivity contribution in [3.05, 3.63) is 29.0 Å². The van der Waals surface area contributed by atoms with Crippen LogP contribution in [0.25, 0.3) is 11.0 Å². The summed E-state index contributed by atoms with van der Waals surface area (Å²) in [5.74, 6) is 3.54. The lowest BCUT2D eigenvalue weighted by atomic mass is 10.3. The second kappa shape index (κ2) is 4.56. The summed E-state index contributed by atoms with van der Waals surface area (Å²) in [7, 11) is 0. The molecule has 0 aliphatic carbocycles. The smallest absolute Gasteiger partial charge is 0.111 e. The summed E-state index contributed by atoms with van der Waals surface area (Å²) in [5.41, 5.74) is 7.42. The van der Waals surface area contributed by atoms with Gasteiger partial charge in [-0.05, 0) is 24.7 Å². The highest BCUT2D eigenvalue weighted by molar-refractivity contribution is 6.31. The van der Waals surface area contributed by atoms with Crippen LogP contribution in [0.5, 0.6) is 0 Å². The van der Waals surface area contributed by atoms with Crippen LogP contribution < -0.4 is 5.73 Å². The van der Waals surface area contributed by atoms with Gasteiger partial charge in [-0.2, -0.15) is 0 Å². The third kappa shape index (κ3) is 1.90. The molecule has 0 fully saturated rings. The van der Waals surface area contributed by atoms with Crippen molar-refractivity contribution >= 4 is 22.6 Å². The Labute approximate surface area is 99.2 Å². The van der Waals surface area contributed by atoms with Gasteiger partial charge in [0, 0.05) is 11.4 Å². The number of imidazole rings is 1. The molecule has 1 aromatic carbocycles. The molecule has 0 saturated heterocycles. The molecule has 16 heavy (non-hydrogen) atoms. The molecule has 0 atom stereocenters. The van der Waals surface area contributed by atoms with E-state index in [-0.39, 0.29) is 0 Å². The molecular weight excluding hydrogens is 222 g/mol. The highest BCUT2D eigenvalue weighted by Gasteiger charge is 2.09. The summed E-state index contributed by atoms with van der Waals surface area (Å²) < 4.78 is 2.00. The Morgan fingerprint density at radius 2 is 2.31 bits per heavy atom. The van der Waals surface area contributed by atoms with Crippen molar-refractivity contribution in [1.82, 2.24) is 9.55 Å². The van der Waals surface area contributed by atoms with Gasteiger partial charge in [-0.25, -0.2) is 4.98 Å². The molecule has 0 spiro atoms. The zero-order valence-corrected chi connectivity index (χ0v) is 9.54. The first-order valence-corrected chi connectivity index (χ1v) is 5.42. The van der Waals surface area contributed by atoms with Crippen molar-refractivity contribution in [1.29, 1.82) is 0 Å². The van der Waals surface area contributed by atoms with Crippen LogP contribution in [-0.4, -0.2) is 16.1 Å². The Balaban J connectivity index is 2.61. The number of fused-ring (bicyclic) bond motifs is 1. The van der Waals surface area contributed by atoms with Gasteiger partial charge in [0.2, 0.25) is 0 Å². The number of rotatable bonds is 3. The monoisotopic (exact) mass is 233 g/mol. The fraction of sp³-hybridized carbons (Fsp3) is 0.250. The van der Waals surface area contributed by atoms with Crippen LogP contribution in [-0.2, 0) is 13.0 Å². The standard InChI is InChI=1S/C12H12ClN3/c1-2-7-16-11-4-3-9(13)8-10(11)15-12(16)5-6-14/h1,3-4,8H,5-7,14H2. The summed E-state index contributed by atoms with van der Waals surface area (Å²) >= 11 is 5.92. The van der Waals surface area contributed by atoms with Crippen molar-refractivity contribution in [2.24, 2.45) is 5.73 Å². The highest BCUT2D eigenvalue weighted by Crippen LogP contribution is 2.20. The number of aromatic nitrogens is 2. The van der Waals surface area contributed by atoms with Gasteiger partial charge in [0.1, 0.15) is 5.82 Å². The van der Waals surface area contributed by atoms with E-state index in [2.05, 4.69) is 10.9 Å². The van der Waals surface area contributed by atoms with Gasteiger partial charge < -0.3 is 10.3 Å². The topological polar surface area (TPSA) is 43.8 Å². The number of halogens is 1. The lowest BCUT2D eigenvalue weighted by Crippen LogP contribution is -2.09. The number of nitrogens with zero attached hydrogens (tertiary/aromatic N) is 2. The quantitative estimate of drug-likeness (QED) is 0.822. The SMILES string of the molecule is C#CCn1c(CCN)nc2cc(Cl)ccc21. The van der Waals surface area contributed by atoms with Gasteiger partial charge >= 0.3 is 0 Å². The normalized spacial score (nSPS) is 10.6. The molecule has 4 heteroatoms. The number of hydrogen-bond acceptors (Lipinski definition) is 2. The second-order valence-electron chi connectivity index (χ2n) is 3.49. The van der Waals surface area contributed by atoms with E-state index in [0.717, 1.165) is 16.9 Å². The molecule has 0 aliphatic rings. The van der Waals surface area contributed by atoms with Crippen LogP contribution in [0.2, 0.25) is 5.02 Å². The minimum absolute atomic E-state index is 0.507. The van der Waals surface area contributed by atoms with E-state index in [4.69, 9.17) is 23.8 Å². The summed E-state index contributed by atoms with van der Waals surface area (Å²) in [6.07, 6.45) is 6.07. The number of terminal acetylenes is 1.